The Bertz CT molecular complexity index is 637. The van der Waals surface area contributed by atoms with Crippen LogP contribution in [0.1, 0.15) is 69.5 Å². The number of nitrogens with zero attached hydrogens (tertiary/aromatic N) is 2. The third-order valence-corrected chi connectivity index (χ3v) is 5.00. The number of hydrogen-bond donors (Lipinski definition) is 1. The van der Waals surface area contributed by atoms with Crippen LogP contribution < -0.4 is 10.2 Å². The normalized spacial score (nSPS) is 11.2. The van der Waals surface area contributed by atoms with Gasteiger partial charge < -0.3 is 4.74 Å². The molecule has 1 N–H and O–H groups in total. The number of unbranched alkanes of at least 4 members (excludes halogenated alkanes) is 7. The van der Waals surface area contributed by atoms with E-state index in [-0.39, 0.29) is 0 Å². The van der Waals surface area contributed by atoms with Gasteiger partial charge in [0.25, 0.3) is 0 Å². The monoisotopic (exact) mass is 373 g/mol. The number of rotatable bonds is 13. The number of thiazole rings is 1. The second-order valence-corrected chi connectivity index (χ2v) is 7.41. The Kier molecular flexibility index (Phi) is 9.80. The molecule has 0 bridgehead atoms. The number of benzene rings is 1. The van der Waals surface area contributed by atoms with Crippen LogP contribution in [0, 0.1) is 6.92 Å². The Hall–Kier alpha value is -1.88. The van der Waals surface area contributed by atoms with E-state index < -0.39 is 0 Å². The van der Waals surface area contributed by atoms with Crippen LogP contribution in [0.2, 0.25) is 0 Å². The van der Waals surface area contributed by atoms with Crippen molar-refractivity contribution in [3.63, 3.8) is 0 Å². The first kappa shape index (κ1) is 20.4. The first-order valence-electron chi connectivity index (χ1n) is 9.72. The molecule has 142 valence electrons. The van der Waals surface area contributed by atoms with Gasteiger partial charge in [0.1, 0.15) is 5.75 Å². The van der Waals surface area contributed by atoms with Gasteiger partial charge in [-0.05, 0) is 43.2 Å². The molecule has 2 rings (SSSR count). The summed E-state index contributed by atoms with van der Waals surface area (Å²) in [4.78, 5) is 4.30. The van der Waals surface area contributed by atoms with Crippen LogP contribution in [-0.4, -0.2) is 17.8 Å². The van der Waals surface area contributed by atoms with E-state index in [1.54, 1.807) is 17.6 Å². The van der Waals surface area contributed by atoms with E-state index in [0.29, 0.717) is 0 Å². The van der Waals surface area contributed by atoms with Crippen molar-refractivity contribution in [3.05, 3.63) is 40.9 Å². The largest absolute Gasteiger partial charge is 0.494 e. The molecule has 0 atom stereocenters. The zero-order valence-corrected chi connectivity index (χ0v) is 16.9. The van der Waals surface area contributed by atoms with E-state index in [0.717, 1.165) is 35.2 Å². The van der Waals surface area contributed by atoms with Gasteiger partial charge in [-0.2, -0.15) is 5.10 Å². The predicted octanol–water partition coefficient (Wildman–Crippen LogP) is 6.42. The fraction of sp³-hybridized carbons (Fsp3) is 0.524. The van der Waals surface area contributed by atoms with E-state index in [4.69, 9.17) is 4.74 Å². The van der Waals surface area contributed by atoms with Crippen LogP contribution in [0.5, 0.6) is 5.75 Å². The molecule has 1 heterocycles. The van der Waals surface area contributed by atoms with E-state index in [2.05, 4.69) is 22.4 Å². The summed E-state index contributed by atoms with van der Waals surface area (Å²) in [6.45, 7) is 5.03. The molecule has 0 saturated carbocycles. The molecule has 1 aromatic carbocycles. The molecule has 26 heavy (non-hydrogen) atoms. The molecule has 0 spiro atoms. The maximum Gasteiger partial charge on any atom is 0.203 e. The summed E-state index contributed by atoms with van der Waals surface area (Å²) < 4.78 is 5.81. The SMILES string of the molecule is CCCCCCCCCCOc1ccc(C=NNc2nc(C)cs2)cc1. The van der Waals surface area contributed by atoms with Gasteiger partial charge in [-0.3, -0.25) is 5.43 Å². The number of hydrogen-bond acceptors (Lipinski definition) is 5. The summed E-state index contributed by atoms with van der Waals surface area (Å²) in [6.07, 6.45) is 12.4. The Morgan fingerprint density at radius 1 is 1.04 bits per heavy atom. The molecule has 0 saturated heterocycles. The zero-order valence-electron chi connectivity index (χ0n) is 16.0. The van der Waals surface area contributed by atoms with Crippen molar-refractivity contribution in [3.8, 4) is 5.75 Å². The van der Waals surface area contributed by atoms with Crippen molar-refractivity contribution in [2.24, 2.45) is 5.10 Å². The predicted molar refractivity (Wildman–Crippen MR) is 113 cm³/mol. The smallest absolute Gasteiger partial charge is 0.203 e. The summed E-state index contributed by atoms with van der Waals surface area (Å²) >= 11 is 1.55. The van der Waals surface area contributed by atoms with Gasteiger partial charge in [0.2, 0.25) is 5.13 Å². The average Bonchev–Trinajstić information content (AvgIpc) is 3.07. The number of aryl methyl sites for hydroxylation is 1. The lowest BCUT2D eigenvalue weighted by Crippen LogP contribution is -1.97. The molecule has 0 aliphatic carbocycles. The fourth-order valence-electron chi connectivity index (χ4n) is 2.64. The van der Waals surface area contributed by atoms with Crippen molar-refractivity contribution >= 4 is 22.7 Å². The van der Waals surface area contributed by atoms with Gasteiger partial charge in [-0.25, -0.2) is 4.98 Å². The maximum absolute atomic E-state index is 5.81. The van der Waals surface area contributed by atoms with E-state index in [1.165, 1.54) is 44.9 Å². The topological polar surface area (TPSA) is 46.5 Å². The van der Waals surface area contributed by atoms with Crippen LogP contribution in [0.15, 0.2) is 34.7 Å². The Balaban J connectivity index is 1.57. The second-order valence-electron chi connectivity index (χ2n) is 6.56. The number of anilines is 1. The number of nitrogens with one attached hydrogen (secondary N) is 1. The molecule has 0 unspecified atom stereocenters. The van der Waals surface area contributed by atoms with Gasteiger partial charge in [0.15, 0.2) is 0 Å². The van der Waals surface area contributed by atoms with Crippen LogP contribution in [-0.2, 0) is 0 Å². The molecule has 0 radical (unpaired) electrons. The molecule has 2 aromatic rings. The lowest BCUT2D eigenvalue weighted by Gasteiger charge is -2.06. The minimum atomic E-state index is 0.799. The highest BCUT2D eigenvalue weighted by Crippen LogP contribution is 2.15. The Labute approximate surface area is 161 Å². The summed E-state index contributed by atoms with van der Waals surface area (Å²) in [5.74, 6) is 0.925. The fourth-order valence-corrected chi connectivity index (χ4v) is 3.28. The van der Waals surface area contributed by atoms with E-state index in [1.807, 2.05) is 36.6 Å². The quantitative estimate of drug-likeness (QED) is 0.250. The first-order chi connectivity index (χ1) is 12.8. The van der Waals surface area contributed by atoms with Crippen LogP contribution in [0.3, 0.4) is 0 Å². The lowest BCUT2D eigenvalue weighted by molar-refractivity contribution is 0.304. The van der Waals surface area contributed by atoms with Crippen molar-refractivity contribution in [2.75, 3.05) is 12.0 Å². The molecule has 0 fully saturated rings. The average molecular weight is 374 g/mol. The summed E-state index contributed by atoms with van der Waals surface area (Å²) in [5, 5.41) is 7.02. The highest BCUT2D eigenvalue weighted by atomic mass is 32.1. The summed E-state index contributed by atoms with van der Waals surface area (Å²) in [6, 6.07) is 8.03. The maximum atomic E-state index is 5.81. The molecule has 4 nitrogen and oxygen atoms in total. The van der Waals surface area contributed by atoms with Crippen molar-refractivity contribution in [1.29, 1.82) is 0 Å². The minimum absolute atomic E-state index is 0.799. The van der Waals surface area contributed by atoms with Crippen LogP contribution >= 0.6 is 11.3 Å². The van der Waals surface area contributed by atoms with Gasteiger partial charge in [0.05, 0.1) is 18.5 Å². The van der Waals surface area contributed by atoms with Gasteiger partial charge in [-0.1, -0.05) is 51.9 Å². The Morgan fingerprint density at radius 2 is 1.73 bits per heavy atom. The van der Waals surface area contributed by atoms with Crippen LogP contribution in [0.4, 0.5) is 5.13 Å². The molecule has 0 aliphatic rings. The molecule has 0 aliphatic heterocycles. The van der Waals surface area contributed by atoms with E-state index >= 15 is 0 Å². The Morgan fingerprint density at radius 3 is 2.38 bits per heavy atom. The molecular formula is C21H31N3OS. The molecule has 0 amide bonds. The lowest BCUT2D eigenvalue weighted by atomic mass is 10.1. The third-order valence-electron chi connectivity index (χ3n) is 4.14. The number of aromatic nitrogens is 1. The van der Waals surface area contributed by atoms with Crippen molar-refractivity contribution in [2.45, 2.75) is 65.2 Å². The van der Waals surface area contributed by atoms with Gasteiger partial charge in [0, 0.05) is 5.38 Å². The number of ether oxygens (including phenoxy) is 1. The zero-order chi connectivity index (χ0) is 18.5. The molecule has 1 aromatic heterocycles. The second kappa shape index (κ2) is 12.5. The summed E-state index contributed by atoms with van der Waals surface area (Å²) in [5.41, 5.74) is 4.98. The van der Waals surface area contributed by atoms with E-state index in [9.17, 15) is 0 Å². The van der Waals surface area contributed by atoms with Gasteiger partial charge >= 0.3 is 0 Å². The van der Waals surface area contributed by atoms with Gasteiger partial charge in [-0.15, -0.1) is 11.3 Å². The third kappa shape index (κ3) is 8.48. The highest BCUT2D eigenvalue weighted by Gasteiger charge is 1.97. The number of hydrazone groups is 1. The van der Waals surface area contributed by atoms with Crippen LogP contribution in [0.25, 0.3) is 0 Å². The van der Waals surface area contributed by atoms with Crippen molar-refractivity contribution in [1.82, 2.24) is 4.98 Å². The minimum Gasteiger partial charge on any atom is -0.494 e. The first-order valence-corrected chi connectivity index (χ1v) is 10.6. The molecular weight excluding hydrogens is 342 g/mol. The highest BCUT2D eigenvalue weighted by molar-refractivity contribution is 7.13. The molecule has 5 heteroatoms. The summed E-state index contributed by atoms with van der Waals surface area (Å²) in [7, 11) is 0. The van der Waals surface area contributed by atoms with Crippen molar-refractivity contribution < 1.29 is 4.74 Å². The standard InChI is InChI=1S/C21H31N3OS/c1-3-4-5-6-7-8-9-10-15-25-20-13-11-19(12-14-20)16-22-24-21-23-18(2)17-26-21/h11-14,16-17H,3-10,15H2,1-2H3,(H,23,24).